The van der Waals surface area contributed by atoms with Crippen molar-refractivity contribution < 1.29 is 33.9 Å². The van der Waals surface area contributed by atoms with E-state index in [1.165, 1.54) is 0 Å². The lowest BCUT2D eigenvalue weighted by Crippen LogP contribution is -2.22. The second-order valence-corrected chi connectivity index (χ2v) is 6.59. The van der Waals surface area contributed by atoms with E-state index < -0.39 is 18.3 Å². The molecule has 2 N–H and O–H groups in total. The Morgan fingerprint density at radius 1 is 0.786 bits per heavy atom. The first-order chi connectivity index (χ1) is 13.5. The van der Waals surface area contributed by atoms with E-state index in [-0.39, 0.29) is 6.10 Å². The molecule has 7 nitrogen and oxygen atoms in total. The van der Waals surface area contributed by atoms with Crippen molar-refractivity contribution in [3.63, 3.8) is 0 Å². The third-order valence-corrected chi connectivity index (χ3v) is 5.08. The summed E-state index contributed by atoms with van der Waals surface area (Å²) in [7, 11) is 6.28. The lowest BCUT2D eigenvalue weighted by Gasteiger charge is -2.21. The summed E-state index contributed by atoms with van der Waals surface area (Å²) in [5, 5.41) is 19.9. The molecule has 2 aromatic rings. The van der Waals surface area contributed by atoms with Crippen LogP contribution in [0.4, 0.5) is 0 Å². The Labute approximate surface area is 164 Å². The lowest BCUT2D eigenvalue weighted by molar-refractivity contribution is -0.104. The Morgan fingerprint density at radius 3 is 1.79 bits per heavy atom. The van der Waals surface area contributed by atoms with Gasteiger partial charge in [0.05, 0.1) is 40.6 Å². The Kier molecular flexibility index (Phi) is 6.28. The van der Waals surface area contributed by atoms with E-state index in [1.54, 1.807) is 40.6 Å². The summed E-state index contributed by atoms with van der Waals surface area (Å²) < 4.78 is 27.5. The molecule has 0 aliphatic carbocycles. The molecule has 0 saturated carbocycles. The molecular weight excluding hydrogens is 364 g/mol. The van der Waals surface area contributed by atoms with E-state index in [9.17, 15) is 10.2 Å². The summed E-state index contributed by atoms with van der Waals surface area (Å²) in [4.78, 5) is 0. The van der Waals surface area contributed by atoms with Crippen LogP contribution in [0.15, 0.2) is 36.4 Å². The molecule has 1 aliphatic heterocycles. The third-order valence-electron chi connectivity index (χ3n) is 5.08. The Bertz CT molecular complexity index is 805. The van der Waals surface area contributed by atoms with E-state index in [0.717, 1.165) is 11.1 Å². The fourth-order valence-electron chi connectivity index (χ4n) is 3.61. The third kappa shape index (κ3) is 3.87. The number of ether oxygens (including phenoxy) is 5. The van der Waals surface area contributed by atoms with Crippen LogP contribution in [0.3, 0.4) is 0 Å². The van der Waals surface area contributed by atoms with Crippen molar-refractivity contribution in [3.05, 3.63) is 47.5 Å². The number of methoxy groups -OCH3 is 4. The average molecular weight is 390 g/mol. The van der Waals surface area contributed by atoms with Gasteiger partial charge in [-0.15, -0.1) is 0 Å². The van der Waals surface area contributed by atoms with E-state index >= 15 is 0 Å². The van der Waals surface area contributed by atoms with Crippen molar-refractivity contribution in [3.8, 4) is 23.0 Å². The largest absolute Gasteiger partial charge is 0.493 e. The van der Waals surface area contributed by atoms with Crippen LogP contribution in [0, 0.1) is 5.92 Å². The van der Waals surface area contributed by atoms with Crippen LogP contribution in [-0.4, -0.2) is 44.9 Å². The molecule has 152 valence electrons. The second kappa shape index (κ2) is 8.68. The van der Waals surface area contributed by atoms with Crippen molar-refractivity contribution in [2.75, 3.05) is 28.4 Å². The van der Waals surface area contributed by atoms with Crippen LogP contribution in [0.1, 0.15) is 29.8 Å². The van der Waals surface area contributed by atoms with Crippen LogP contribution in [0.25, 0.3) is 0 Å². The van der Waals surface area contributed by atoms with Gasteiger partial charge in [0.1, 0.15) is 0 Å². The minimum absolute atomic E-state index is 0.315. The maximum atomic E-state index is 9.93. The summed E-state index contributed by atoms with van der Waals surface area (Å²) >= 11 is 0. The topological polar surface area (TPSA) is 86.6 Å². The fraction of sp³-hybridized carbons (Fsp3) is 0.429. The van der Waals surface area contributed by atoms with Crippen LogP contribution >= 0.6 is 0 Å². The first-order valence-corrected chi connectivity index (χ1v) is 8.97. The highest BCUT2D eigenvalue weighted by Crippen LogP contribution is 2.48. The Balaban J connectivity index is 1.91. The first-order valence-electron chi connectivity index (χ1n) is 8.97. The SMILES string of the molecule is COc1ccc(C2CC(C(O)O)C(c3ccc(OC)c(OC)c3)O2)cc1OC. The molecule has 1 saturated heterocycles. The van der Waals surface area contributed by atoms with Crippen molar-refractivity contribution in [1.29, 1.82) is 0 Å². The quantitative estimate of drug-likeness (QED) is 0.703. The van der Waals surface area contributed by atoms with Gasteiger partial charge < -0.3 is 33.9 Å². The Morgan fingerprint density at radius 2 is 1.29 bits per heavy atom. The van der Waals surface area contributed by atoms with Gasteiger partial charge in [0.2, 0.25) is 0 Å². The highest BCUT2D eigenvalue weighted by Gasteiger charge is 2.41. The fourth-order valence-corrected chi connectivity index (χ4v) is 3.61. The van der Waals surface area contributed by atoms with Crippen LogP contribution in [-0.2, 0) is 4.74 Å². The molecule has 3 atom stereocenters. The highest BCUT2D eigenvalue weighted by atomic mass is 16.5. The molecule has 2 aromatic carbocycles. The van der Waals surface area contributed by atoms with Gasteiger partial charge in [-0.25, -0.2) is 0 Å². The van der Waals surface area contributed by atoms with E-state index in [1.807, 2.05) is 24.3 Å². The zero-order valence-electron chi connectivity index (χ0n) is 16.4. The average Bonchev–Trinajstić information content (AvgIpc) is 3.18. The first kappa shape index (κ1) is 20.3. The molecule has 0 bridgehead atoms. The minimum atomic E-state index is -1.51. The normalized spacial score (nSPS) is 21.6. The van der Waals surface area contributed by atoms with E-state index in [2.05, 4.69) is 0 Å². The van der Waals surface area contributed by atoms with E-state index in [4.69, 9.17) is 23.7 Å². The molecule has 1 aliphatic rings. The van der Waals surface area contributed by atoms with Gasteiger partial charge >= 0.3 is 0 Å². The number of benzene rings is 2. The van der Waals surface area contributed by atoms with Crippen LogP contribution < -0.4 is 18.9 Å². The van der Waals surface area contributed by atoms with Gasteiger partial charge in [0.25, 0.3) is 0 Å². The number of aliphatic hydroxyl groups is 2. The van der Waals surface area contributed by atoms with Gasteiger partial charge in [0, 0.05) is 5.92 Å². The number of aliphatic hydroxyl groups excluding tert-OH is 1. The number of rotatable bonds is 7. The van der Waals surface area contributed by atoms with Crippen LogP contribution in [0.5, 0.6) is 23.0 Å². The summed E-state index contributed by atoms with van der Waals surface area (Å²) in [5.74, 6) is 1.89. The molecule has 0 amide bonds. The van der Waals surface area contributed by atoms with Crippen molar-refractivity contribution in [2.24, 2.45) is 5.92 Å². The molecule has 3 rings (SSSR count). The van der Waals surface area contributed by atoms with Crippen molar-refractivity contribution >= 4 is 0 Å². The molecule has 28 heavy (non-hydrogen) atoms. The molecule has 0 spiro atoms. The molecule has 7 heteroatoms. The molecule has 0 radical (unpaired) electrons. The van der Waals surface area contributed by atoms with Gasteiger partial charge in [-0.3, -0.25) is 0 Å². The molecule has 3 unspecified atom stereocenters. The standard InChI is InChI=1S/C21H26O7/c1-24-15-7-5-12(9-18(15)26-3)17-11-14(21(22)23)20(28-17)13-6-8-16(25-2)19(10-13)27-4/h5-10,14,17,20-23H,11H2,1-4H3. The summed E-state index contributed by atoms with van der Waals surface area (Å²) in [6, 6.07) is 11.0. The smallest absolute Gasteiger partial charge is 0.161 e. The van der Waals surface area contributed by atoms with Gasteiger partial charge in [-0.1, -0.05) is 12.1 Å². The van der Waals surface area contributed by atoms with E-state index in [0.29, 0.717) is 29.4 Å². The maximum Gasteiger partial charge on any atom is 0.161 e. The minimum Gasteiger partial charge on any atom is -0.493 e. The lowest BCUT2D eigenvalue weighted by atomic mass is 9.92. The van der Waals surface area contributed by atoms with Gasteiger partial charge in [-0.2, -0.15) is 0 Å². The summed E-state index contributed by atoms with van der Waals surface area (Å²) in [6.07, 6.45) is -1.88. The van der Waals surface area contributed by atoms with Crippen LogP contribution in [0.2, 0.25) is 0 Å². The molecule has 1 heterocycles. The monoisotopic (exact) mass is 390 g/mol. The second-order valence-electron chi connectivity index (χ2n) is 6.59. The molecule has 1 fully saturated rings. The van der Waals surface area contributed by atoms with Crippen molar-refractivity contribution in [1.82, 2.24) is 0 Å². The number of hydrogen-bond acceptors (Lipinski definition) is 7. The van der Waals surface area contributed by atoms with Gasteiger partial charge in [0.15, 0.2) is 29.3 Å². The molecule has 0 aromatic heterocycles. The van der Waals surface area contributed by atoms with Gasteiger partial charge in [-0.05, 0) is 41.8 Å². The molecular formula is C21H26O7. The summed E-state index contributed by atoms with van der Waals surface area (Å²) in [5.41, 5.74) is 1.67. The predicted molar refractivity (Wildman–Crippen MR) is 102 cm³/mol. The zero-order valence-corrected chi connectivity index (χ0v) is 16.4. The predicted octanol–water partition coefficient (Wildman–Crippen LogP) is 2.85. The van der Waals surface area contributed by atoms with Crippen molar-refractivity contribution in [2.45, 2.75) is 24.9 Å². The summed E-state index contributed by atoms with van der Waals surface area (Å²) in [6.45, 7) is 0. The number of hydrogen-bond donors (Lipinski definition) is 2. The maximum absolute atomic E-state index is 9.93. The highest BCUT2D eigenvalue weighted by molar-refractivity contribution is 5.45. The Hall–Kier alpha value is -2.48. The zero-order chi connectivity index (χ0) is 20.3.